The minimum Gasteiger partial charge on any atom is -0.325 e. The molecule has 1 fully saturated rings. The number of benzene rings is 1. The molecule has 1 atom stereocenters. The number of piperidine rings is 1. The molecule has 0 saturated carbocycles. The van der Waals surface area contributed by atoms with Gasteiger partial charge in [-0.25, -0.2) is 0 Å². The first-order valence-electron chi connectivity index (χ1n) is 7.27. The van der Waals surface area contributed by atoms with Gasteiger partial charge in [0, 0.05) is 18.2 Å². The number of aldehydes is 1. The van der Waals surface area contributed by atoms with Gasteiger partial charge >= 0.3 is 0 Å². The van der Waals surface area contributed by atoms with Crippen LogP contribution in [0.15, 0.2) is 24.3 Å². The average molecular weight is 274 g/mol. The third-order valence-corrected chi connectivity index (χ3v) is 3.72. The van der Waals surface area contributed by atoms with Gasteiger partial charge in [-0.1, -0.05) is 19.1 Å². The fraction of sp³-hybridized carbons (Fsp3) is 0.500. The van der Waals surface area contributed by atoms with E-state index in [0.717, 1.165) is 37.8 Å². The molecule has 20 heavy (non-hydrogen) atoms. The van der Waals surface area contributed by atoms with Crippen molar-refractivity contribution < 1.29 is 9.59 Å². The van der Waals surface area contributed by atoms with Crippen LogP contribution >= 0.6 is 0 Å². The minimum absolute atomic E-state index is 0.00944. The van der Waals surface area contributed by atoms with Crippen LogP contribution in [0.25, 0.3) is 0 Å². The van der Waals surface area contributed by atoms with Crippen molar-refractivity contribution in [2.45, 2.75) is 26.2 Å². The average Bonchev–Trinajstić information content (AvgIpc) is 2.47. The van der Waals surface area contributed by atoms with E-state index in [1.807, 2.05) is 18.2 Å². The summed E-state index contributed by atoms with van der Waals surface area (Å²) in [4.78, 5) is 24.9. The van der Waals surface area contributed by atoms with E-state index in [1.54, 1.807) is 0 Å². The van der Waals surface area contributed by atoms with E-state index in [2.05, 4.69) is 23.2 Å². The maximum Gasteiger partial charge on any atom is 0.238 e. The van der Waals surface area contributed by atoms with Crippen molar-refractivity contribution >= 4 is 17.9 Å². The lowest BCUT2D eigenvalue weighted by molar-refractivity contribution is -0.119. The smallest absolute Gasteiger partial charge is 0.238 e. The van der Waals surface area contributed by atoms with E-state index >= 15 is 0 Å². The molecule has 0 radical (unpaired) electrons. The van der Waals surface area contributed by atoms with Gasteiger partial charge in [0.2, 0.25) is 5.91 Å². The Morgan fingerprint density at radius 2 is 2.35 bits per heavy atom. The zero-order chi connectivity index (χ0) is 14.4. The van der Waals surface area contributed by atoms with Crippen molar-refractivity contribution in [1.29, 1.82) is 0 Å². The van der Waals surface area contributed by atoms with Crippen LogP contribution in [-0.4, -0.2) is 36.7 Å². The summed E-state index contributed by atoms with van der Waals surface area (Å²) in [6, 6.07) is 7.91. The Balaban J connectivity index is 1.86. The Morgan fingerprint density at radius 1 is 1.50 bits per heavy atom. The van der Waals surface area contributed by atoms with E-state index in [1.165, 1.54) is 5.56 Å². The summed E-state index contributed by atoms with van der Waals surface area (Å²) in [5.41, 5.74) is 2.06. The van der Waals surface area contributed by atoms with Crippen molar-refractivity contribution in [3.05, 3.63) is 29.8 Å². The van der Waals surface area contributed by atoms with Crippen LogP contribution in [0.2, 0.25) is 0 Å². The fourth-order valence-electron chi connectivity index (χ4n) is 2.62. The standard InChI is InChI=1S/C16H22N2O2/c1-2-13-5-3-7-15(9-13)17-16(20)11-18-8-4-6-14(10-18)12-19/h3,5,7,9,12,14H,2,4,6,8,10-11H2,1H3,(H,17,20). The van der Waals surface area contributed by atoms with Crippen molar-refractivity contribution in [3.8, 4) is 0 Å². The summed E-state index contributed by atoms with van der Waals surface area (Å²) in [5, 5.41) is 2.93. The highest BCUT2D eigenvalue weighted by Crippen LogP contribution is 2.15. The number of nitrogens with one attached hydrogen (secondary N) is 1. The number of rotatable bonds is 5. The summed E-state index contributed by atoms with van der Waals surface area (Å²) in [7, 11) is 0. The molecule has 108 valence electrons. The molecule has 4 nitrogen and oxygen atoms in total. The monoisotopic (exact) mass is 274 g/mol. The molecule has 0 aliphatic carbocycles. The number of anilines is 1. The van der Waals surface area contributed by atoms with Gasteiger partial charge in [0.1, 0.15) is 6.29 Å². The Bertz CT molecular complexity index is 473. The number of likely N-dealkylation sites (tertiary alicyclic amines) is 1. The molecule has 4 heteroatoms. The van der Waals surface area contributed by atoms with Crippen LogP contribution < -0.4 is 5.32 Å². The lowest BCUT2D eigenvalue weighted by atomic mass is 10.00. The first-order chi connectivity index (χ1) is 9.71. The molecule has 1 heterocycles. The summed E-state index contributed by atoms with van der Waals surface area (Å²) >= 11 is 0. The maximum atomic E-state index is 12.0. The molecule has 1 N–H and O–H groups in total. The van der Waals surface area contributed by atoms with Gasteiger partial charge in [-0.15, -0.1) is 0 Å². The Morgan fingerprint density at radius 3 is 3.10 bits per heavy atom. The third kappa shape index (κ3) is 4.17. The second-order valence-electron chi connectivity index (χ2n) is 5.38. The molecule has 1 amide bonds. The van der Waals surface area contributed by atoms with E-state index in [0.29, 0.717) is 13.1 Å². The molecular weight excluding hydrogens is 252 g/mol. The molecule has 1 saturated heterocycles. The number of aryl methyl sites for hydroxylation is 1. The molecule has 1 aromatic carbocycles. The number of nitrogens with zero attached hydrogens (tertiary/aromatic N) is 1. The highest BCUT2D eigenvalue weighted by molar-refractivity contribution is 5.92. The number of hydrogen-bond donors (Lipinski definition) is 1. The Kier molecular flexibility index (Phi) is 5.30. The van der Waals surface area contributed by atoms with Crippen LogP contribution in [0.4, 0.5) is 5.69 Å². The van der Waals surface area contributed by atoms with Crippen LogP contribution in [0.3, 0.4) is 0 Å². The quantitative estimate of drug-likeness (QED) is 0.837. The molecule has 1 aromatic rings. The molecule has 1 aliphatic heterocycles. The third-order valence-electron chi connectivity index (χ3n) is 3.72. The minimum atomic E-state index is -0.00944. The topological polar surface area (TPSA) is 49.4 Å². The first kappa shape index (κ1) is 14.7. The van der Waals surface area contributed by atoms with Gasteiger partial charge in [-0.2, -0.15) is 0 Å². The van der Waals surface area contributed by atoms with Crippen molar-refractivity contribution in [2.75, 3.05) is 25.0 Å². The van der Waals surface area contributed by atoms with Crippen molar-refractivity contribution in [3.63, 3.8) is 0 Å². The normalized spacial score (nSPS) is 19.6. The largest absolute Gasteiger partial charge is 0.325 e. The molecule has 1 aliphatic rings. The second kappa shape index (κ2) is 7.20. The van der Waals surface area contributed by atoms with Crippen LogP contribution in [-0.2, 0) is 16.0 Å². The zero-order valence-corrected chi connectivity index (χ0v) is 12.0. The molecule has 2 rings (SSSR count). The van der Waals surface area contributed by atoms with Gasteiger partial charge in [-0.3, -0.25) is 9.69 Å². The fourth-order valence-corrected chi connectivity index (χ4v) is 2.62. The van der Waals surface area contributed by atoms with E-state index in [4.69, 9.17) is 0 Å². The number of carbonyl (C=O) groups is 2. The molecule has 0 bridgehead atoms. The molecular formula is C16H22N2O2. The summed E-state index contributed by atoms with van der Waals surface area (Å²) in [6.45, 7) is 4.05. The lowest BCUT2D eigenvalue weighted by Crippen LogP contribution is -2.40. The number of amides is 1. The summed E-state index contributed by atoms with van der Waals surface area (Å²) in [5.74, 6) is 0.0739. The van der Waals surface area contributed by atoms with Crippen molar-refractivity contribution in [2.24, 2.45) is 5.92 Å². The summed E-state index contributed by atoms with van der Waals surface area (Å²) in [6.07, 6.45) is 3.90. The highest BCUT2D eigenvalue weighted by Gasteiger charge is 2.20. The van der Waals surface area contributed by atoms with Crippen LogP contribution in [0, 0.1) is 5.92 Å². The second-order valence-corrected chi connectivity index (χ2v) is 5.38. The van der Waals surface area contributed by atoms with Gasteiger partial charge in [-0.05, 0) is 43.5 Å². The zero-order valence-electron chi connectivity index (χ0n) is 12.0. The van der Waals surface area contributed by atoms with Gasteiger partial charge < -0.3 is 10.1 Å². The molecule has 0 aromatic heterocycles. The van der Waals surface area contributed by atoms with E-state index in [9.17, 15) is 9.59 Å². The Hall–Kier alpha value is -1.68. The first-order valence-corrected chi connectivity index (χ1v) is 7.27. The number of hydrogen-bond acceptors (Lipinski definition) is 3. The predicted octanol–water partition coefficient (Wildman–Crippen LogP) is 2.10. The van der Waals surface area contributed by atoms with Gasteiger partial charge in [0.25, 0.3) is 0 Å². The SMILES string of the molecule is CCc1cccc(NC(=O)CN2CCCC(C=O)C2)c1. The maximum absolute atomic E-state index is 12.0. The number of carbonyl (C=O) groups excluding carboxylic acids is 2. The summed E-state index contributed by atoms with van der Waals surface area (Å²) < 4.78 is 0. The van der Waals surface area contributed by atoms with E-state index in [-0.39, 0.29) is 11.8 Å². The lowest BCUT2D eigenvalue weighted by Gasteiger charge is -2.29. The Labute approximate surface area is 120 Å². The van der Waals surface area contributed by atoms with Gasteiger partial charge in [0.05, 0.1) is 6.54 Å². The van der Waals surface area contributed by atoms with Crippen molar-refractivity contribution in [1.82, 2.24) is 4.90 Å². The van der Waals surface area contributed by atoms with Crippen LogP contribution in [0.5, 0.6) is 0 Å². The van der Waals surface area contributed by atoms with Crippen LogP contribution in [0.1, 0.15) is 25.3 Å². The van der Waals surface area contributed by atoms with E-state index < -0.39 is 0 Å². The predicted molar refractivity (Wildman–Crippen MR) is 79.7 cm³/mol. The molecule has 0 spiro atoms. The highest BCUT2D eigenvalue weighted by atomic mass is 16.2. The van der Waals surface area contributed by atoms with Gasteiger partial charge in [0.15, 0.2) is 0 Å². The molecule has 1 unspecified atom stereocenters.